The summed E-state index contributed by atoms with van der Waals surface area (Å²) in [7, 11) is 0. The molecule has 0 atom stereocenters. The van der Waals surface area contributed by atoms with E-state index in [0.29, 0.717) is 0 Å². The summed E-state index contributed by atoms with van der Waals surface area (Å²) in [6.45, 7) is 7.25. The number of hydrogen-bond donors (Lipinski definition) is 3. The van der Waals surface area contributed by atoms with Crippen LogP contribution in [0.15, 0.2) is 4.99 Å². The van der Waals surface area contributed by atoms with Crippen LogP contribution >= 0.6 is 0 Å². The van der Waals surface area contributed by atoms with E-state index >= 15 is 0 Å². The SMILES string of the molecule is C1CNCN1.CC1=NCCN1. The lowest BCUT2D eigenvalue weighted by atomic mass is 10.7. The summed E-state index contributed by atoms with van der Waals surface area (Å²) in [5, 5.41) is 9.29. The quantitative estimate of drug-likeness (QED) is 0.428. The molecule has 2 aliphatic heterocycles. The molecule has 1 saturated heterocycles. The normalized spacial score (nSPS) is 21.7. The first-order valence-corrected chi connectivity index (χ1v) is 4.06. The van der Waals surface area contributed by atoms with E-state index < -0.39 is 0 Å². The van der Waals surface area contributed by atoms with E-state index in [1.807, 2.05) is 6.92 Å². The predicted octanol–water partition coefficient (Wildman–Crippen LogP) is -0.855. The number of amidine groups is 1. The highest BCUT2D eigenvalue weighted by atomic mass is 15.1. The van der Waals surface area contributed by atoms with E-state index in [-0.39, 0.29) is 0 Å². The van der Waals surface area contributed by atoms with Crippen LogP contribution in [0.3, 0.4) is 0 Å². The van der Waals surface area contributed by atoms with Gasteiger partial charge in [0.15, 0.2) is 0 Å². The van der Waals surface area contributed by atoms with E-state index in [9.17, 15) is 0 Å². The molecule has 0 aliphatic carbocycles. The molecular weight excluding hydrogens is 140 g/mol. The van der Waals surface area contributed by atoms with Gasteiger partial charge in [-0.15, -0.1) is 0 Å². The predicted molar refractivity (Wildman–Crippen MR) is 46.9 cm³/mol. The zero-order chi connectivity index (χ0) is 7.94. The van der Waals surface area contributed by atoms with Crippen molar-refractivity contribution in [1.82, 2.24) is 16.0 Å². The maximum Gasteiger partial charge on any atom is 0.0933 e. The van der Waals surface area contributed by atoms with Gasteiger partial charge < -0.3 is 16.0 Å². The Morgan fingerprint density at radius 2 is 1.91 bits per heavy atom. The summed E-state index contributed by atoms with van der Waals surface area (Å²) in [6, 6.07) is 0. The lowest BCUT2D eigenvalue weighted by Crippen LogP contribution is -2.13. The highest BCUT2D eigenvalue weighted by molar-refractivity contribution is 5.80. The fourth-order valence-corrected chi connectivity index (χ4v) is 0.958. The van der Waals surface area contributed by atoms with Gasteiger partial charge in [0.05, 0.1) is 12.4 Å². The molecule has 3 N–H and O–H groups in total. The van der Waals surface area contributed by atoms with Crippen molar-refractivity contribution in [3.63, 3.8) is 0 Å². The molecule has 0 amide bonds. The van der Waals surface area contributed by atoms with Crippen molar-refractivity contribution < 1.29 is 0 Å². The van der Waals surface area contributed by atoms with Crippen LogP contribution in [0.2, 0.25) is 0 Å². The Bertz CT molecular complexity index is 121. The van der Waals surface area contributed by atoms with E-state index in [4.69, 9.17) is 0 Å². The monoisotopic (exact) mass is 156 g/mol. The largest absolute Gasteiger partial charge is 0.372 e. The van der Waals surface area contributed by atoms with Crippen LogP contribution in [0.25, 0.3) is 0 Å². The first-order chi connectivity index (χ1) is 5.39. The molecule has 2 aliphatic rings. The third-order valence-electron chi connectivity index (χ3n) is 1.57. The zero-order valence-electron chi connectivity index (χ0n) is 6.98. The van der Waals surface area contributed by atoms with Gasteiger partial charge in [-0.2, -0.15) is 0 Å². The Hall–Kier alpha value is -0.610. The van der Waals surface area contributed by atoms with Crippen molar-refractivity contribution >= 4 is 5.84 Å². The maximum atomic E-state index is 4.04. The number of aliphatic imine (C=N–C) groups is 1. The molecule has 0 unspecified atom stereocenters. The standard InChI is InChI=1S/C4H8N2.C3H8N2/c1-4-5-2-3-6-4;1-2-5-3-4-1/h2-3H2,1H3,(H,5,6);4-5H,1-3H2. The van der Waals surface area contributed by atoms with Gasteiger partial charge in [0.2, 0.25) is 0 Å². The van der Waals surface area contributed by atoms with Crippen LogP contribution in [0.4, 0.5) is 0 Å². The van der Waals surface area contributed by atoms with Gasteiger partial charge in [-0.3, -0.25) is 4.99 Å². The molecular formula is C7H16N4. The summed E-state index contributed by atoms with van der Waals surface area (Å²) >= 11 is 0. The number of hydrogen-bond acceptors (Lipinski definition) is 4. The molecule has 11 heavy (non-hydrogen) atoms. The van der Waals surface area contributed by atoms with E-state index in [1.54, 1.807) is 0 Å². The minimum atomic E-state index is 0.964. The number of rotatable bonds is 0. The van der Waals surface area contributed by atoms with Crippen LogP contribution in [0.5, 0.6) is 0 Å². The Balaban J connectivity index is 0.000000112. The molecule has 0 radical (unpaired) electrons. The van der Waals surface area contributed by atoms with Crippen molar-refractivity contribution in [1.29, 1.82) is 0 Å². The van der Waals surface area contributed by atoms with Crippen LogP contribution < -0.4 is 16.0 Å². The molecule has 2 heterocycles. The Morgan fingerprint density at radius 1 is 1.18 bits per heavy atom. The second kappa shape index (κ2) is 5.09. The summed E-state index contributed by atoms with van der Waals surface area (Å²) < 4.78 is 0. The molecule has 1 fully saturated rings. The average molecular weight is 156 g/mol. The van der Waals surface area contributed by atoms with Crippen molar-refractivity contribution in [2.45, 2.75) is 6.92 Å². The van der Waals surface area contributed by atoms with Gasteiger partial charge in [-0.1, -0.05) is 0 Å². The molecule has 0 spiro atoms. The van der Waals surface area contributed by atoms with Gasteiger partial charge in [0.1, 0.15) is 0 Å². The minimum Gasteiger partial charge on any atom is -0.372 e. The Kier molecular flexibility index (Phi) is 3.93. The molecule has 4 heteroatoms. The van der Waals surface area contributed by atoms with Gasteiger partial charge >= 0.3 is 0 Å². The van der Waals surface area contributed by atoms with Crippen molar-refractivity contribution in [2.24, 2.45) is 4.99 Å². The second-order valence-corrected chi connectivity index (χ2v) is 2.57. The first kappa shape index (κ1) is 8.49. The number of nitrogens with one attached hydrogen (secondary N) is 3. The van der Waals surface area contributed by atoms with Crippen molar-refractivity contribution in [3.8, 4) is 0 Å². The van der Waals surface area contributed by atoms with Gasteiger partial charge in [-0.25, -0.2) is 0 Å². The molecule has 0 aromatic rings. The van der Waals surface area contributed by atoms with Crippen LogP contribution in [0.1, 0.15) is 6.92 Å². The number of nitrogens with zero attached hydrogens (tertiary/aromatic N) is 1. The summed E-state index contributed by atoms with van der Waals surface area (Å²) in [4.78, 5) is 4.04. The summed E-state index contributed by atoms with van der Waals surface area (Å²) in [5.41, 5.74) is 0. The third-order valence-corrected chi connectivity index (χ3v) is 1.57. The summed E-state index contributed by atoms with van der Waals surface area (Å²) in [5.74, 6) is 1.08. The van der Waals surface area contributed by atoms with Crippen LogP contribution in [-0.4, -0.2) is 38.7 Å². The third kappa shape index (κ3) is 3.95. The van der Waals surface area contributed by atoms with Crippen molar-refractivity contribution in [3.05, 3.63) is 0 Å². The van der Waals surface area contributed by atoms with Crippen LogP contribution in [-0.2, 0) is 0 Å². The molecule has 4 nitrogen and oxygen atoms in total. The highest BCUT2D eigenvalue weighted by Gasteiger charge is 1.93. The van der Waals surface area contributed by atoms with E-state index in [0.717, 1.165) is 38.7 Å². The van der Waals surface area contributed by atoms with Gasteiger partial charge in [0.25, 0.3) is 0 Å². The molecule has 0 aromatic heterocycles. The highest BCUT2D eigenvalue weighted by Crippen LogP contribution is 1.79. The van der Waals surface area contributed by atoms with E-state index in [2.05, 4.69) is 20.9 Å². The average Bonchev–Trinajstić information content (AvgIpc) is 2.57. The van der Waals surface area contributed by atoms with Crippen LogP contribution in [0, 0.1) is 0 Å². The molecule has 2 rings (SSSR count). The molecule has 64 valence electrons. The lowest BCUT2D eigenvalue weighted by Gasteiger charge is -1.85. The Morgan fingerprint density at radius 3 is 2.09 bits per heavy atom. The molecule has 0 saturated carbocycles. The zero-order valence-corrected chi connectivity index (χ0v) is 6.98. The van der Waals surface area contributed by atoms with Gasteiger partial charge in [-0.05, 0) is 6.92 Å². The lowest BCUT2D eigenvalue weighted by molar-refractivity contribution is 0.807. The maximum absolute atomic E-state index is 4.04. The Labute approximate surface area is 67.5 Å². The second-order valence-electron chi connectivity index (χ2n) is 2.57. The molecule has 0 bridgehead atoms. The van der Waals surface area contributed by atoms with E-state index in [1.165, 1.54) is 0 Å². The first-order valence-electron chi connectivity index (χ1n) is 4.06. The fourth-order valence-electron chi connectivity index (χ4n) is 0.958. The van der Waals surface area contributed by atoms with Crippen molar-refractivity contribution in [2.75, 3.05) is 32.8 Å². The van der Waals surface area contributed by atoms with Gasteiger partial charge in [0, 0.05) is 26.3 Å². The fraction of sp³-hybridized carbons (Fsp3) is 0.857. The molecule has 0 aromatic carbocycles. The smallest absolute Gasteiger partial charge is 0.0933 e. The summed E-state index contributed by atoms with van der Waals surface area (Å²) in [6.07, 6.45) is 0. The topological polar surface area (TPSA) is 48.5 Å². The minimum absolute atomic E-state index is 0.964.